The third-order valence-corrected chi connectivity index (χ3v) is 3.20. The van der Waals surface area contributed by atoms with Gasteiger partial charge in [-0.05, 0) is 12.1 Å². The Kier molecular flexibility index (Phi) is 3.86. The third-order valence-electron chi connectivity index (χ3n) is 1.90. The minimum Gasteiger partial charge on any atom is -0.351 e. The molecule has 0 fully saturated rings. The molecule has 0 radical (unpaired) electrons. The van der Waals surface area contributed by atoms with Crippen LogP contribution in [0.3, 0.4) is 0 Å². The van der Waals surface area contributed by atoms with Crippen molar-refractivity contribution in [3.63, 3.8) is 0 Å². The normalized spacial score (nSPS) is 10.8. The molecule has 0 bridgehead atoms. The van der Waals surface area contributed by atoms with Crippen molar-refractivity contribution in [2.45, 2.75) is 5.03 Å². The molecule has 0 saturated carbocycles. The Bertz CT molecular complexity index is 582. The van der Waals surface area contributed by atoms with Gasteiger partial charge >= 0.3 is 6.03 Å². The number of urea groups is 1. The Morgan fingerprint density at radius 3 is 2.50 bits per heavy atom. The maximum Gasteiger partial charge on any atom is 0.326 e. The molecule has 9 heteroatoms. The van der Waals surface area contributed by atoms with E-state index >= 15 is 0 Å². The van der Waals surface area contributed by atoms with E-state index in [0.29, 0.717) is 0 Å². The topological polar surface area (TPSA) is 122 Å². The quantitative estimate of drug-likeness (QED) is 0.741. The van der Waals surface area contributed by atoms with E-state index in [9.17, 15) is 18.0 Å². The van der Waals surface area contributed by atoms with E-state index in [-0.39, 0.29) is 5.56 Å². The summed E-state index contributed by atoms with van der Waals surface area (Å²) in [5, 5.41) is -0.539. The molecule has 0 spiro atoms. The van der Waals surface area contributed by atoms with E-state index in [1.165, 1.54) is 37.3 Å². The number of nitrogens with two attached hydrogens (primary N) is 1. The summed E-state index contributed by atoms with van der Waals surface area (Å²) in [5.41, 5.74) is 4.61. The monoisotopic (exact) mass is 272 g/mol. The fraction of sp³-hybridized carbons (Fsp3) is 0.222. The Labute approximate surface area is 104 Å². The minimum absolute atomic E-state index is 0.142. The van der Waals surface area contributed by atoms with Gasteiger partial charge in [0.25, 0.3) is 15.9 Å². The lowest BCUT2D eigenvalue weighted by atomic mass is 10.2. The van der Waals surface area contributed by atoms with Crippen molar-refractivity contribution >= 4 is 22.0 Å². The van der Waals surface area contributed by atoms with Crippen LogP contribution in [0.25, 0.3) is 0 Å². The molecule has 0 aromatic carbocycles. The first-order valence-electron chi connectivity index (χ1n) is 4.74. The van der Waals surface area contributed by atoms with Gasteiger partial charge in [0.1, 0.15) is 0 Å². The van der Waals surface area contributed by atoms with E-state index in [2.05, 4.69) is 4.98 Å². The first-order chi connectivity index (χ1) is 8.25. The summed E-state index contributed by atoms with van der Waals surface area (Å²) in [7, 11) is -1.32. The second-order valence-corrected chi connectivity index (χ2v) is 5.12. The average molecular weight is 272 g/mol. The van der Waals surface area contributed by atoms with Crippen LogP contribution in [-0.2, 0) is 10.0 Å². The zero-order chi connectivity index (χ0) is 13.9. The van der Waals surface area contributed by atoms with Crippen molar-refractivity contribution in [1.29, 1.82) is 0 Å². The van der Waals surface area contributed by atoms with Crippen LogP contribution in [0.1, 0.15) is 10.4 Å². The summed E-state index contributed by atoms with van der Waals surface area (Å²) in [6, 6.07) is 1.47. The van der Waals surface area contributed by atoms with E-state index < -0.39 is 27.0 Å². The number of nitrogens with zero attached hydrogens (tertiary/aromatic N) is 2. The standard InChI is InChI=1S/C9H12N4O4S/c1-13(2)8(14)6-4-3-5-11-7(6)18(16,17)12-9(10)15/h3-5H,1-2H3,(H3,10,12,15). The highest BCUT2D eigenvalue weighted by molar-refractivity contribution is 7.90. The van der Waals surface area contributed by atoms with E-state index in [1.807, 2.05) is 0 Å². The molecule has 1 aromatic rings. The molecule has 0 aliphatic rings. The molecule has 3 N–H and O–H groups in total. The van der Waals surface area contributed by atoms with Gasteiger partial charge < -0.3 is 10.6 Å². The van der Waals surface area contributed by atoms with Crippen LogP contribution in [0.2, 0.25) is 0 Å². The zero-order valence-electron chi connectivity index (χ0n) is 9.75. The number of aromatic nitrogens is 1. The summed E-state index contributed by atoms with van der Waals surface area (Å²) < 4.78 is 25.0. The van der Waals surface area contributed by atoms with Crippen molar-refractivity contribution in [3.8, 4) is 0 Å². The predicted octanol–water partition coefficient (Wildman–Crippen LogP) is -0.860. The fourth-order valence-corrected chi connectivity index (χ4v) is 2.20. The summed E-state index contributed by atoms with van der Waals surface area (Å²) >= 11 is 0. The molecule has 98 valence electrons. The number of rotatable bonds is 3. The zero-order valence-corrected chi connectivity index (χ0v) is 10.6. The number of sulfonamides is 1. The van der Waals surface area contributed by atoms with Crippen molar-refractivity contribution in [1.82, 2.24) is 14.6 Å². The number of amides is 3. The number of hydrogen-bond acceptors (Lipinski definition) is 5. The molecule has 1 rings (SSSR count). The molecule has 0 atom stereocenters. The maximum absolute atomic E-state index is 11.8. The second-order valence-electron chi connectivity index (χ2n) is 3.53. The lowest BCUT2D eigenvalue weighted by molar-refractivity contribution is 0.0823. The van der Waals surface area contributed by atoms with Gasteiger partial charge in [0.15, 0.2) is 5.03 Å². The Balaban J connectivity index is 3.34. The largest absolute Gasteiger partial charge is 0.351 e. The number of pyridine rings is 1. The molecule has 0 aliphatic carbocycles. The first kappa shape index (κ1) is 13.9. The lowest BCUT2D eigenvalue weighted by Crippen LogP contribution is -2.37. The van der Waals surface area contributed by atoms with Crippen LogP contribution in [0, 0.1) is 0 Å². The van der Waals surface area contributed by atoms with Crippen molar-refractivity contribution in [2.24, 2.45) is 5.73 Å². The molecule has 1 aromatic heterocycles. The van der Waals surface area contributed by atoms with Gasteiger partial charge in [-0.15, -0.1) is 0 Å². The maximum atomic E-state index is 11.8. The van der Waals surface area contributed by atoms with Crippen LogP contribution in [0.15, 0.2) is 23.4 Å². The van der Waals surface area contributed by atoms with Gasteiger partial charge in [-0.1, -0.05) is 0 Å². The van der Waals surface area contributed by atoms with E-state index in [1.54, 1.807) is 4.72 Å². The fourth-order valence-electron chi connectivity index (χ4n) is 1.19. The molecule has 0 aliphatic heterocycles. The average Bonchev–Trinajstić information content (AvgIpc) is 2.26. The Hall–Kier alpha value is -2.16. The number of primary amides is 1. The highest BCUT2D eigenvalue weighted by Gasteiger charge is 2.25. The van der Waals surface area contributed by atoms with Gasteiger partial charge in [-0.2, -0.15) is 8.42 Å². The second kappa shape index (κ2) is 5.00. The number of carbonyl (C=O) groups is 2. The molecule has 0 unspecified atom stereocenters. The Morgan fingerprint density at radius 2 is 2.00 bits per heavy atom. The van der Waals surface area contributed by atoms with Crippen molar-refractivity contribution < 1.29 is 18.0 Å². The highest BCUT2D eigenvalue weighted by Crippen LogP contribution is 2.13. The van der Waals surface area contributed by atoms with E-state index in [0.717, 1.165) is 0 Å². The first-order valence-corrected chi connectivity index (χ1v) is 6.23. The van der Waals surface area contributed by atoms with Crippen molar-refractivity contribution in [3.05, 3.63) is 23.9 Å². The number of hydrogen-bond donors (Lipinski definition) is 2. The van der Waals surface area contributed by atoms with Crippen LogP contribution < -0.4 is 10.5 Å². The van der Waals surface area contributed by atoms with Gasteiger partial charge in [0, 0.05) is 20.3 Å². The molecule has 1 heterocycles. The predicted molar refractivity (Wildman–Crippen MR) is 62.2 cm³/mol. The molecule has 18 heavy (non-hydrogen) atoms. The van der Waals surface area contributed by atoms with Gasteiger partial charge in [0.05, 0.1) is 5.56 Å². The van der Waals surface area contributed by atoms with Crippen LogP contribution in [0.4, 0.5) is 4.79 Å². The Morgan fingerprint density at radius 1 is 1.39 bits per heavy atom. The lowest BCUT2D eigenvalue weighted by Gasteiger charge is -2.13. The molecule has 8 nitrogen and oxygen atoms in total. The summed E-state index contributed by atoms with van der Waals surface area (Å²) in [6.07, 6.45) is 1.20. The number of nitrogens with one attached hydrogen (secondary N) is 1. The molecule has 0 saturated heterocycles. The van der Waals surface area contributed by atoms with E-state index in [4.69, 9.17) is 5.73 Å². The summed E-state index contributed by atoms with van der Waals surface area (Å²) in [5.74, 6) is -0.548. The smallest absolute Gasteiger partial charge is 0.326 e. The molecular weight excluding hydrogens is 260 g/mol. The van der Waals surface area contributed by atoms with Gasteiger partial charge in [-0.25, -0.2) is 14.5 Å². The van der Waals surface area contributed by atoms with Crippen LogP contribution in [0.5, 0.6) is 0 Å². The van der Waals surface area contributed by atoms with Crippen molar-refractivity contribution in [2.75, 3.05) is 14.1 Å². The summed E-state index contributed by atoms with van der Waals surface area (Å²) in [6.45, 7) is 0. The minimum atomic E-state index is -4.25. The van der Waals surface area contributed by atoms with Gasteiger partial charge in [0.2, 0.25) is 0 Å². The number of carbonyl (C=O) groups excluding carboxylic acids is 2. The summed E-state index contributed by atoms with van der Waals surface area (Å²) in [4.78, 5) is 27.2. The highest BCUT2D eigenvalue weighted by atomic mass is 32.2. The SMILES string of the molecule is CN(C)C(=O)c1cccnc1S(=O)(=O)NC(N)=O. The van der Waals surface area contributed by atoms with Crippen LogP contribution >= 0.6 is 0 Å². The van der Waals surface area contributed by atoms with Gasteiger partial charge in [-0.3, -0.25) is 4.79 Å². The molecular formula is C9H12N4O4S. The van der Waals surface area contributed by atoms with Crippen LogP contribution in [-0.4, -0.2) is 44.3 Å². The molecule has 3 amide bonds. The third kappa shape index (κ3) is 2.94.